The number of halogens is 3. The first-order valence-electron chi connectivity index (χ1n) is 4.86. The van der Waals surface area contributed by atoms with Crippen molar-refractivity contribution in [2.24, 2.45) is 5.73 Å². The van der Waals surface area contributed by atoms with Gasteiger partial charge >= 0.3 is 0 Å². The van der Waals surface area contributed by atoms with Crippen LogP contribution in [0.2, 0.25) is 0 Å². The highest BCUT2D eigenvalue weighted by atomic mass is 79.9. The van der Waals surface area contributed by atoms with E-state index in [9.17, 15) is 4.39 Å². The van der Waals surface area contributed by atoms with Gasteiger partial charge in [0.05, 0.1) is 0 Å². The molecule has 4 heteroatoms. The van der Waals surface area contributed by atoms with E-state index < -0.39 is 5.54 Å². The van der Waals surface area contributed by atoms with Crippen LogP contribution in [0.3, 0.4) is 0 Å². The zero-order valence-corrected chi connectivity index (χ0v) is 10.7. The quantitative estimate of drug-likeness (QED) is 0.839. The summed E-state index contributed by atoms with van der Waals surface area (Å²) in [5, 5.41) is 0. The Kier molecular flexibility index (Phi) is 4.15. The smallest absolute Gasteiger partial charge is 0.128 e. The molecule has 0 heterocycles. The van der Waals surface area contributed by atoms with Crippen molar-refractivity contribution < 1.29 is 4.39 Å². The molecule has 0 unspecified atom stereocenters. The second kappa shape index (κ2) is 4.81. The predicted octanol–water partition coefficient (Wildman–Crippen LogP) is 3.74. The molecule has 0 radical (unpaired) electrons. The summed E-state index contributed by atoms with van der Waals surface area (Å²) < 4.78 is 14.5. The second-order valence-corrected chi connectivity index (χ2v) is 4.90. The van der Waals surface area contributed by atoms with Crippen LogP contribution in [0.15, 0.2) is 22.7 Å². The van der Waals surface area contributed by atoms with E-state index in [4.69, 9.17) is 5.73 Å². The minimum atomic E-state index is -0.437. The number of nitrogens with two attached hydrogens (primary N) is 1. The highest BCUT2D eigenvalue weighted by molar-refractivity contribution is 9.10. The molecule has 1 aromatic rings. The fraction of sp³-hybridized carbons (Fsp3) is 0.455. The first-order valence-corrected chi connectivity index (χ1v) is 5.65. The van der Waals surface area contributed by atoms with Crippen molar-refractivity contribution in [2.75, 3.05) is 0 Å². The number of hydrogen-bond acceptors (Lipinski definition) is 1. The third-order valence-corrected chi connectivity index (χ3v) is 3.45. The summed E-state index contributed by atoms with van der Waals surface area (Å²) in [6.45, 7) is 0. The van der Waals surface area contributed by atoms with Crippen molar-refractivity contribution in [3.8, 4) is 0 Å². The van der Waals surface area contributed by atoms with Crippen LogP contribution in [0.5, 0.6) is 0 Å². The minimum absolute atomic E-state index is 0. The minimum Gasteiger partial charge on any atom is -0.321 e. The third kappa shape index (κ3) is 2.52. The average Bonchev–Trinajstić information content (AvgIpc) is 2.58. The Morgan fingerprint density at radius 2 is 1.87 bits per heavy atom. The van der Waals surface area contributed by atoms with Gasteiger partial charge in [0.25, 0.3) is 0 Å². The van der Waals surface area contributed by atoms with Gasteiger partial charge in [0.1, 0.15) is 5.82 Å². The fourth-order valence-electron chi connectivity index (χ4n) is 2.15. The summed E-state index contributed by atoms with van der Waals surface area (Å²) in [5.74, 6) is -0.183. The molecule has 0 aliphatic heterocycles. The van der Waals surface area contributed by atoms with Crippen molar-refractivity contribution in [1.82, 2.24) is 0 Å². The molecule has 1 nitrogen and oxygen atoms in total. The van der Waals surface area contributed by atoms with Gasteiger partial charge in [-0.05, 0) is 31.0 Å². The summed E-state index contributed by atoms with van der Waals surface area (Å²) in [7, 11) is 0. The van der Waals surface area contributed by atoms with Crippen LogP contribution >= 0.6 is 28.3 Å². The first-order chi connectivity index (χ1) is 6.62. The second-order valence-electron chi connectivity index (χ2n) is 3.99. The lowest BCUT2D eigenvalue weighted by molar-refractivity contribution is 0.433. The Morgan fingerprint density at radius 1 is 1.27 bits per heavy atom. The Bertz CT molecular complexity index is 350. The van der Waals surface area contributed by atoms with Gasteiger partial charge in [0.2, 0.25) is 0 Å². The lowest BCUT2D eigenvalue weighted by Crippen LogP contribution is -2.34. The van der Waals surface area contributed by atoms with Crippen molar-refractivity contribution in [1.29, 1.82) is 0 Å². The molecular formula is C11H14BrClFN. The Morgan fingerprint density at radius 3 is 2.47 bits per heavy atom. The molecule has 0 atom stereocenters. The van der Waals surface area contributed by atoms with Crippen LogP contribution in [-0.4, -0.2) is 0 Å². The summed E-state index contributed by atoms with van der Waals surface area (Å²) in [6.07, 6.45) is 3.98. The lowest BCUT2D eigenvalue weighted by atomic mass is 9.89. The van der Waals surface area contributed by atoms with Gasteiger partial charge in [0, 0.05) is 15.6 Å². The fourth-order valence-corrected chi connectivity index (χ4v) is 2.52. The zero-order chi connectivity index (χ0) is 10.2. The highest BCUT2D eigenvalue weighted by Gasteiger charge is 2.33. The van der Waals surface area contributed by atoms with E-state index in [2.05, 4.69) is 15.9 Å². The van der Waals surface area contributed by atoms with E-state index >= 15 is 0 Å². The Labute approximate surface area is 104 Å². The summed E-state index contributed by atoms with van der Waals surface area (Å²) >= 11 is 3.35. The van der Waals surface area contributed by atoms with Crippen LogP contribution in [0.1, 0.15) is 31.2 Å². The maximum absolute atomic E-state index is 13.6. The van der Waals surface area contributed by atoms with Crippen LogP contribution in [0.4, 0.5) is 4.39 Å². The average molecular weight is 295 g/mol. The van der Waals surface area contributed by atoms with Crippen molar-refractivity contribution >= 4 is 28.3 Å². The van der Waals surface area contributed by atoms with Crippen LogP contribution in [-0.2, 0) is 5.54 Å². The van der Waals surface area contributed by atoms with Gasteiger partial charge < -0.3 is 5.73 Å². The summed E-state index contributed by atoms with van der Waals surface area (Å²) in [4.78, 5) is 0. The summed E-state index contributed by atoms with van der Waals surface area (Å²) in [5.41, 5.74) is 6.41. The molecule has 0 amide bonds. The van der Waals surface area contributed by atoms with E-state index in [1.807, 2.05) is 0 Å². The molecule has 1 aliphatic carbocycles. The topological polar surface area (TPSA) is 26.0 Å². The first kappa shape index (κ1) is 12.9. The summed E-state index contributed by atoms with van der Waals surface area (Å²) in [6, 6.07) is 4.99. The molecule has 0 saturated heterocycles. The van der Waals surface area contributed by atoms with Crippen molar-refractivity contribution in [2.45, 2.75) is 31.2 Å². The third-order valence-electron chi connectivity index (χ3n) is 2.96. The number of benzene rings is 1. The van der Waals surface area contributed by atoms with E-state index in [1.54, 1.807) is 12.1 Å². The molecule has 0 spiro atoms. The monoisotopic (exact) mass is 293 g/mol. The predicted molar refractivity (Wildman–Crippen MR) is 65.7 cm³/mol. The molecule has 15 heavy (non-hydrogen) atoms. The zero-order valence-electron chi connectivity index (χ0n) is 8.30. The van der Waals surface area contributed by atoms with E-state index in [1.165, 1.54) is 6.07 Å². The number of hydrogen-bond donors (Lipinski definition) is 1. The normalized spacial score (nSPS) is 18.6. The van der Waals surface area contributed by atoms with Gasteiger partial charge in [-0.2, -0.15) is 0 Å². The molecule has 2 N–H and O–H groups in total. The number of rotatable bonds is 1. The van der Waals surface area contributed by atoms with Gasteiger partial charge in [-0.25, -0.2) is 4.39 Å². The van der Waals surface area contributed by atoms with Gasteiger partial charge in [-0.1, -0.05) is 28.8 Å². The van der Waals surface area contributed by atoms with Crippen molar-refractivity contribution in [3.63, 3.8) is 0 Å². The molecular weight excluding hydrogens is 280 g/mol. The van der Waals surface area contributed by atoms with E-state index in [0.717, 1.165) is 30.2 Å². The Balaban J connectivity index is 0.00000112. The standard InChI is InChI=1S/C11H13BrFN.ClH/c12-8-3-4-10(13)9(7-8)11(14)5-1-2-6-11;/h3-4,7H,1-2,5-6,14H2;1H. The van der Waals surface area contributed by atoms with Crippen LogP contribution in [0.25, 0.3) is 0 Å². The molecule has 0 bridgehead atoms. The molecule has 1 aliphatic rings. The lowest BCUT2D eigenvalue weighted by Gasteiger charge is -2.24. The maximum Gasteiger partial charge on any atom is 0.128 e. The van der Waals surface area contributed by atoms with Crippen LogP contribution in [0, 0.1) is 5.82 Å². The SMILES string of the molecule is Cl.NC1(c2cc(Br)ccc2F)CCCC1. The molecule has 1 fully saturated rings. The molecule has 0 aromatic heterocycles. The van der Waals surface area contributed by atoms with E-state index in [0.29, 0.717) is 5.56 Å². The van der Waals surface area contributed by atoms with E-state index in [-0.39, 0.29) is 18.2 Å². The van der Waals surface area contributed by atoms with Crippen LogP contribution < -0.4 is 5.73 Å². The van der Waals surface area contributed by atoms with Crippen molar-refractivity contribution in [3.05, 3.63) is 34.1 Å². The molecule has 1 saturated carbocycles. The highest BCUT2D eigenvalue weighted by Crippen LogP contribution is 2.38. The van der Waals surface area contributed by atoms with Gasteiger partial charge in [0.15, 0.2) is 0 Å². The molecule has 2 rings (SSSR count). The molecule has 1 aromatic carbocycles. The maximum atomic E-state index is 13.6. The van der Waals surface area contributed by atoms with Gasteiger partial charge in [-0.3, -0.25) is 0 Å². The van der Waals surface area contributed by atoms with Gasteiger partial charge in [-0.15, -0.1) is 12.4 Å². The molecule has 84 valence electrons. The largest absolute Gasteiger partial charge is 0.321 e. The Hall–Kier alpha value is -0.120.